The first kappa shape index (κ1) is 13.7. The van der Waals surface area contributed by atoms with Crippen molar-refractivity contribution < 1.29 is 4.74 Å². The van der Waals surface area contributed by atoms with Crippen LogP contribution in [0.25, 0.3) is 0 Å². The molecular formula is C14H17N5O2. The van der Waals surface area contributed by atoms with E-state index < -0.39 is 0 Å². The summed E-state index contributed by atoms with van der Waals surface area (Å²) in [5.41, 5.74) is 1.66. The molecule has 0 saturated carbocycles. The van der Waals surface area contributed by atoms with Crippen molar-refractivity contribution in [2.75, 3.05) is 18.5 Å². The standard InChI is InChI=1S/C14H17N5O2/c1-9-6-10(2)17-14(16-9)18-11-7-21-8-12(11)19-13(20)4-3-5-15-19/h3-6,11-12H,7-8H2,1-2H3,(H,16,17,18). The normalized spacial score (nSPS) is 21.4. The van der Waals surface area contributed by atoms with Gasteiger partial charge in [0.25, 0.3) is 5.56 Å². The van der Waals surface area contributed by atoms with Gasteiger partial charge in [0, 0.05) is 23.7 Å². The summed E-state index contributed by atoms with van der Waals surface area (Å²) in [5, 5.41) is 7.38. The molecule has 0 radical (unpaired) electrons. The highest BCUT2D eigenvalue weighted by Gasteiger charge is 2.31. The second-order valence-corrected chi connectivity index (χ2v) is 5.14. The van der Waals surface area contributed by atoms with Crippen molar-refractivity contribution in [3.05, 3.63) is 46.1 Å². The maximum atomic E-state index is 11.9. The second-order valence-electron chi connectivity index (χ2n) is 5.14. The minimum atomic E-state index is -0.164. The van der Waals surface area contributed by atoms with E-state index >= 15 is 0 Å². The van der Waals surface area contributed by atoms with Gasteiger partial charge in [-0.2, -0.15) is 5.10 Å². The fourth-order valence-corrected chi connectivity index (χ4v) is 2.50. The molecule has 0 spiro atoms. The van der Waals surface area contributed by atoms with Crippen molar-refractivity contribution in [1.29, 1.82) is 0 Å². The Labute approximate surface area is 122 Å². The van der Waals surface area contributed by atoms with E-state index in [0.29, 0.717) is 19.2 Å². The van der Waals surface area contributed by atoms with Crippen molar-refractivity contribution in [3.8, 4) is 0 Å². The number of anilines is 1. The van der Waals surface area contributed by atoms with Gasteiger partial charge in [-0.1, -0.05) is 0 Å². The minimum Gasteiger partial charge on any atom is -0.377 e. The summed E-state index contributed by atoms with van der Waals surface area (Å²) in [6.07, 6.45) is 1.60. The van der Waals surface area contributed by atoms with Crippen LogP contribution in [0.2, 0.25) is 0 Å². The lowest BCUT2D eigenvalue weighted by Crippen LogP contribution is -2.37. The van der Waals surface area contributed by atoms with Gasteiger partial charge in [-0.3, -0.25) is 4.79 Å². The molecule has 7 heteroatoms. The minimum absolute atomic E-state index is 0.0844. The number of aromatic nitrogens is 4. The molecule has 3 heterocycles. The molecular weight excluding hydrogens is 270 g/mol. The lowest BCUT2D eigenvalue weighted by atomic mass is 10.2. The quantitative estimate of drug-likeness (QED) is 0.895. The van der Waals surface area contributed by atoms with E-state index in [0.717, 1.165) is 11.4 Å². The molecule has 2 aromatic rings. The van der Waals surface area contributed by atoms with Gasteiger partial charge >= 0.3 is 0 Å². The van der Waals surface area contributed by atoms with E-state index in [1.54, 1.807) is 12.3 Å². The molecule has 1 fully saturated rings. The predicted molar refractivity (Wildman–Crippen MR) is 77.3 cm³/mol. The van der Waals surface area contributed by atoms with Crippen molar-refractivity contribution in [3.63, 3.8) is 0 Å². The molecule has 0 aliphatic carbocycles. The Hall–Kier alpha value is -2.28. The number of rotatable bonds is 3. The summed E-state index contributed by atoms with van der Waals surface area (Å²) in [6, 6.07) is 4.79. The Kier molecular flexibility index (Phi) is 3.66. The van der Waals surface area contributed by atoms with E-state index in [1.807, 2.05) is 19.9 Å². The Morgan fingerprint density at radius 3 is 2.76 bits per heavy atom. The van der Waals surface area contributed by atoms with Crippen LogP contribution in [0.5, 0.6) is 0 Å². The Morgan fingerprint density at radius 1 is 1.29 bits per heavy atom. The molecule has 0 aromatic carbocycles. The van der Waals surface area contributed by atoms with Crippen LogP contribution in [0.4, 0.5) is 5.95 Å². The van der Waals surface area contributed by atoms with Gasteiger partial charge < -0.3 is 10.1 Å². The van der Waals surface area contributed by atoms with E-state index in [-0.39, 0.29) is 17.6 Å². The summed E-state index contributed by atoms with van der Waals surface area (Å²) in [5.74, 6) is 0.553. The predicted octanol–water partition coefficient (Wildman–Crippen LogP) is 0.702. The summed E-state index contributed by atoms with van der Waals surface area (Å²) < 4.78 is 6.95. The van der Waals surface area contributed by atoms with Crippen molar-refractivity contribution in [2.45, 2.75) is 25.9 Å². The second kappa shape index (κ2) is 5.61. The van der Waals surface area contributed by atoms with Crippen LogP contribution in [0.3, 0.4) is 0 Å². The van der Waals surface area contributed by atoms with Crippen LogP contribution in [-0.4, -0.2) is 39.0 Å². The summed E-state index contributed by atoms with van der Waals surface area (Å²) >= 11 is 0. The monoisotopic (exact) mass is 287 g/mol. The van der Waals surface area contributed by atoms with Crippen molar-refractivity contribution >= 4 is 5.95 Å². The molecule has 1 N–H and O–H groups in total. The van der Waals surface area contributed by atoms with E-state index in [4.69, 9.17) is 4.74 Å². The van der Waals surface area contributed by atoms with Gasteiger partial charge in [0.05, 0.1) is 19.3 Å². The van der Waals surface area contributed by atoms with Crippen LogP contribution in [-0.2, 0) is 4.74 Å². The number of nitrogens with one attached hydrogen (secondary N) is 1. The summed E-state index contributed by atoms with van der Waals surface area (Å²) in [4.78, 5) is 20.6. The molecule has 2 aromatic heterocycles. The van der Waals surface area contributed by atoms with Gasteiger partial charge in [0.2, 0.25) is 5.95 Å². The van der Waals surface area contributed by atoms with Crippen LogP contribution in [0.1, 0.15) is 17.4 Å². The third-order valence-corrected chi connectivity index (χ3v) is 3.40. The third kappa shape index (κ3) is 2.92. The lowest BCUT2D eigenvalue weighted by Gasteiger charge is -2.20. The fourth-order valence-electron chi connectivity index (χ4n) is 2.50. The highest BCUT2D eigenvalue weighted by molar-refractivity contribution is 5.30. The van der Waals surface area contributed by atoms with Crippen LogP contribution < -0.4 is 10.9 Å². The van der Waals surface area contributed by atoms with Crippen LogP contribution in [0, 0.1) is 13.8 Å². The van der Waals surface area contributed by atoms with Crippen LogP contribution >= 0.6 is 0 Å². The van der Waals surface area contributed by atoms with Gasteiger partial charge in [0.1, 0.15) is 6.04 Å². The van der Waals surface area contributed by atoms with E-state index in [9.17, 15) is 4.79 Å². The van der Waals surface area contributed by atoms with E-state index in [2.05, 4.69) is 20.4 Å². The maximum Gasteiger partial charge on any atom is 0.267 e. The lowest BCUT2D eigenvalue weighted by molar-refractivity contribution is 0.182. The van der Waals surface area contributed by atoms with Crippen LogP contribution in [0.15, 0.2) is 29.2 Å². The van der Waals surface area contributed by atoms with Gasteiger partial charge in [0.15, 0.2) is 0 Å². The zero-order valence-electron chi connectivity index (χ0n) is 12.0. The molecule has 110 valence electrons. The topological polar surface area (TPSA) is 81.9 Å². The fraction of sp³-hybridized carbons (Fsp3) is 0.429. The first-order valence-electron chi connectivity index (χ1n) is 6.84. The van der Waals surface area contributed by atoms with E-state index in [1.165, 1.54) is 10.7 Å². The molecule has 1 saturated heterocycles. The maximum absolute atomic E-state index is 11.9. The molecule has 0 amide bonds. The number of aryl methyl sites for hydroxylation is 2. The Balaban J connectivity index is 1.85. The number of ether oxygens (including phenoxy) is 1. The number of hydrogen-bond donors (Lipinski definition) is 1. The zero-order valence-corrected chi connectivity index (χ0v) is 12.0. The number of nitrogens with zero attached hydrogens (tertiary/aromatic N) is 4. The molecule has 21 heavy (non-hydrogen) atoms. The first-order valence-corrected chi connectivity index (χ1v) is 6.84. The molecule has 1 aliphatic rings. The molecule has 1 aliphatic heterocycles. The molecule has 7 nitrogen and oxygen atoms in total. The molecule has 0 bridgehead atoms. The largest absolute Gasteiger partial charge is 0.377 e. The van der Waals surface area contributed by atoms with Gasteiger partial charge in [-0.05, 0) is 26.0 Å². The Morgan fingerprint density at radius 2 is 2.05 bits per heavy atom. The Bertz CT molecular complexity index is 680. The third-order valence-electron chi connectivity index (χ3n) is 3.40. The molecule has 3 rings (SSSR count). The zero-order chi connectivity index (χ0) is 14.8. The van der Waals surface area contributed by atoms with Crippen molar-refractivity contribution in [1.82, 2.24) is 19.7 Å². The highest BCUT2D eigenvalue weighted by Crippen LogP contribution is 2.20. The summed E-state index contributed by atoms with van der Waals surface area (Å²) in [7, 11) is 0. The smallest absolute Gasteiger partial charge is 0.267 e. The average molecular weight is 287 g/mol. The SMILES string of the molecule is Cc1cc(C)nc(NC2COCC2n2ncccc2=O)n1. The van der Waals surface area contributed by atoms with Crippen molar-refractivity contribution in [2.24, 2.45) is 0 Å². The average Bonchev–Trinajstić information content (AvgIpc) is 2.86. The summed E-state index contributed by atoms with van der Waals surface area (Å²) in [6.45, 7) is 4.78. The van der Waals surface area contributed by atoms with Gasteiger partial charge in [-0.25, -0.2) is 14.6 Å². The first-order chi connectivity index (χ1) is 10.1. The highest BCUT2D eigenvalue weighted by atomic mass is 16.5. The van der Waals surface area contributed by atoms with Gasteiger partial charge in [-0.15, -0.1) is 0 Å². The molecule has 2 unspecified atom stereocenters. The molecule has 2 atom stereocenters. The number of hydrogen-bond acceptors (Lipinski definition) is 6.